The van der Waals surface area contributed by atoms with Crippen molar-refractivity contribution >= 4 is 11.9 Å². The van der Waals surface area contributed by atoms with Gasteiger partial charge >= 0.3 is 12.1 Å². The van der Waals surface area contributed by atoms with E-state index in [1.165, 1.54) is 0 Å². The molecule has 0 radical (unpaired) electrons. The summed E-state index contributed by atoms with van der Waals surface area (Å²) >= 11 is 0. The molecule has 2 atom stereocenters. The van der Waals surface area contributed by atoms with Crippen LogP contribution in [0.2, 0.25) is 0 Å². The monoisotopic (exact) mass is 274 g/mol. The quantitative estimate of drug-likeness (QED) is 0.607. The van der Waals surface area contributed by atoms with Crippen LogP contribution < -0.4 is 10.6 Å². The van der Waals surface area contributed by atoms with Crippen LogP contribution in [0.3, 0.4) is 0 Å². The lowest BCUT2D eigenvalue weighted by atomic mass is 10.1. The molecule has 0 aromatic carbocycles. The number of rotatable bonds is 1. The smallest absolute Gasteiger partial charge is 0.471 e. The highest BCUT2D eigenvalue weighted by atomic mass is 19.4. The van der Waals surface area contributed by atoms with Crippen molar-refractivity contribution in [3.8, 4) is 0 Å². The zero-order valence-corrected chi connectivity index (χ0v) is 9.55. The van der Waals surface area contributed by atoms with Gasteiger partial charge in [0.25, 0.3) is 5.97 Å². The first-order valence-corrected chi connectivity index (χ1v) is 5.05. The first-order chi connectivity index (χ1) is 8.12. The van der Waals surface area contributed by atoms with E-state index in [4.69, 9.17) is 9.90 Å². The lowest BCUT2D eigenvalue weighted by Crippen LogP contribution is -2.52. The van der Waals surface area contributed by atoms with Crippen molar-refractivity contribution in [2.45, 2.75) is 31.7 Å². The van der Waals surface area contributed by atoms with Crippen molar-refractivity contribution in [3.05, 3.63) is 0 Å². The Hall–Kier alpha value is -1.38. The fourth-order valence-electron chi connectivity index (χ4n) is 1.27. The average molecular weight is 274 g/mol. The minimum Gasteiger partial charge on any atom is -0.481 e. The van der Waals surface area contributed by atoms with E-state index < -0.39 is 30.3 Å². The summed E-state index contributed by atoms with van der Waals surface area (Å²) in [4.78, 5) is 19.5. The number of piperidine rings is 1. The molecular formula is C9H14F4N2O3. The van der Waals surface area contributed by atoms with Gasteiger partial charge in [-0.05, 0) is 0 Å². The van der Waals surface area contributed by atoms with Crippen molar-refractivity contribution < 1.29 is 32.3 Å². The fraction of sp³-hybridized carbons (Fsp3) is 0.778. The summed E-state index contributed by atoms with van der Waals surface area (Å²) in [5.74, 6) is -2.85. The Balaban J connectivity index is 0.000000631. The van der Waals surface area contributed by atoms with E-state index in [1.54, 1.807) is 5.32 Å². The molecule has 2 unspecified atom stereocenters. The van der Waals surface area contributed by atoms with Gasteiger partial charge in [-0.3, -0.25) is 9.59 Å². The molecule has 1 amide bonds. The molecule has 0 saturated carbocycles. The maximum absolute atomic E-state index is 12.7. The molecule has 0 bridgehead atoms. The number of carbonyl (C=O) groups excluding carboxylic acids is 1. The molecule has 9 heteroatoms. The molecule has 5 nitrogen and oxygen atoms in total. The number of carboxylic acid groups (broad SMARTS) is 1. The van der Waals surface area contributed by atoms with E-state index in [0.717, 1.165) is 6.92 Å². The second kappa shape index (κ2) is 7.14. The van der Waals surface area contributed by atoms with Gasteiger partial charge in [0.2, 0.25) is 0 Å². The standard InChI is InChI=1S/C7H10F4N2O.C2H4O2/c8-4-1-5(3-12-2-4)13-6(14)7(9,10)11;1-2(3)4/h4-5,12H,1-3H2,(H,13,14);1H3,(H,3,4). The number of hydrogen-bond donors (Lipinski definition) is 3. The maximum atomic E-state index is 12.7. The third-order valence-corrected chi connectivity index (χ3v) is 1.89. The molecule has 1 aliphatic heterocycles. The number of aliphatic carboxylic acids is 1. The topological polar surface area (TPSA) is 78.4 Å². The predicted molar refractivity (Wildman–Crippen MR) is 53.7 cm³/mol. The summed E-state index contributed by atoms with van der Waals surface area (Å²) in [6, 6.07) is -0.784. The van der Waals surface area contributed by atoms with Gasteiger partial charge in [0.15, 0.2) is 0 Å². The fourth-order valence-corrected chi connectivity index (χ4v) is 1.27. The summed E-state index contributed by atoms with van der Waals surface area (Å²) in [6.07, 6.45) is -6.18. The minimum atomic E-state index is -4.90. The van der Waals surface area contributed by atoms with Gasteiger partial charge < -0.3 is 15.7 Å². The molecule has 0 aromatic heterocycles. The molecule has 3 N–H and O–H groups in total. The van der Waals surface area contributed by atoms with Gasteiger partial charge in [-0.1, -0.05) is 0 Å². The van der Waals surface area contributed by atoms with Crippen LogP contribution in [0.15, 0.2) is 0 Å². The van der Waals surface area contributed by atoms with Gasteiger partial charge in [0.1, 0.15) is 6.17 Å². The van der Waals surface area contributed by atoms with E-state index in [1.807, 2.05) is 0 Å². The summed E-state index contributed by atoms with van der Waals surface area (Å²) in [7, 11) is 0. The minimum absolute atomic E-state index is 0.0746. The third-order valence-electron chi connectivity index (χ3n) is 1.89. The molecule has 0 aliphatic carbocycles. The molecule has 1 fully saturated rings. The maximum Gasteiger partial charge on any atom is 0.471 e. The van der Waals surface area contributed by atoms with E-state index in [9.17, 15) is 22.4 Å². The zero-order valence-electron chi connectivity index (χ0n) is 9.55. The van der Waals surface area contributed by atoms with E-state index >= 15 is 0 Å². The molecule has 0 spiro atoms. The molecular weight excluding hydrogens is 260 g/mol. The first kappa shape index (κ1) is 16.6. The summed E-state index contributed by atoms with van der Waals surface area (Å²) in [5.41, 5.74) is 0. The summed E-state index contributed by atoms with van der Waals surface area (Å²) in [5, 5.41) is 11.7. The van der Waals surface area contributed by atoms with Crippen LogP contribution in [0.1, 0.15) is 13.3 Å². The Morgan fingerprint density at radius 3 is 2.22 bits per heavy atom. The highest BCUT2D eigenvalue weighted by Gasteiger charge is 2.40. The van der Waals surface area contributed by atoms with Gasteiger partial charge in [0.05, 0.1) is 0 Å². The first-order valence-electron chi connectivity index (χ1n) is 5.05. The molecule has 1 aliphatic rings. The van der Waals surface area contributed by atoms with Crippen molar-refractivity contribution in [1.82, 2.24) is 10.6 Å². The molecule has 1 heterocycles. The van der Waals surface area contributed by atoms with Gasteiger partial charge in [-0.25, -0.2) is 4.39 Å². The number of amides is 1. The van der Waals surface area contributed by atoms with E-state index in [0.29, 0.717) is 0 Å². The zero-order chi connectivity index (χ0) is 14.3. The average Bonchev–Trinajstić information content (AvgIpc) is 2.14. The molecule has 0 aromatic rings. The Labute approximate surface area is 101 Å². The third kappa shape index (κ3) is 7.82. The highest BCUT2D eigenvalue weighted by Crippen LogP contribution is 2.15. The number of alkyl halides is 4. The van der Waals surface area contributed by atoms with Gasteiger partial charge in [0, 0.05) is 32.5 Å². The highest BCUT2D eigenvalue weighted by molar-refractivity contribution is 5.81. The summed E-state index contributed by atoms with van der Waals surface area (Å²) < 4.78 is 48.0. The van der Waals surface area contributed by atoms with Gasteiger partial charge in [-0.2, -0.15) is 13.2 Å². The van der Waals surface area contributed by atoms with Crippen LogP contribution in [0, 0.1) is 0 Å². The Bertz CT molecular complexity index is 292. The number of halogens is 4. The lowest BCUT2D eigenvalue weighted by molar-refractivity contribution is -0.174. The van der Waals surface area contributed by atoms with Gasteiger partial charge in [-0.15, -0.1) is 0 Å². The molecule has 106 valence electrons. The Morgan fingerprint density at radius 1 is 1.33 bits per heavy atom. The number of nitrogens with one attached hydrogen (secondary N) is 2. The summed E-state index contributed by atoms with van der Waals surface area (Å²) in [6.45, 7) is 1.38. The van der Waals surface area contributed by atoms with Crippen molar-refractivity contribution in [1.29, 1.82) is 0 Å². The van der Waals surface area contributed by atoms with E-state index in [2.05, 4.69) is 5.32 Å². The molecule has 18 heavy (non-hydrogen) atoms. The number of hydrogen-bond acceptors (Lipinski definition) is 3. The normalized spacial score (nSPS) is 23.6. The van der Waals surface area contributed by atoms with Crippen molar-refractivity contribution in [2.24, 2.45) is 0 Å². The second-order valence-corrected chi connectivity index (χ2v) is 3.68. The Morgan fingerprint density at radius 2 is 1.83 bits per heavy atom. The number of carbonyl (C=O) groups is 2. The Kier molecular flexibility index (Phi) is 6.60. The van der Waals surface area contributed by atoms with Crippen LogP contribution in [-0.2, 0) is 9.59 Å². The van der Waals surface area contributed by atoms with Crippen molar-refractivity contribution in [3.63, 3.8) is 0 Å². The van der Waals surface area contributed by atoms with Crippen LogP contribution in [0.4, 0.5) is 17.6 Å². The van der Waals surface area contributed by atoms with Crippen LogP contribution in [0.5, 0.6) is 0 Å². The lowest BCUT2D eigenvalue weighted by Gasteiger charge is -2.26. The van der Waals surface area contributed by atoms with Crippen LogP contribution in [0.25, 0.3) is 0 Å². The number of carboxylic acids is 1. The molecule has 1 saturated heterocycles. The van der Waals surface area contributed by atoms with E-state index in [-0.39, 0.29) is 19.5 Å². The van der Waals surface area contributed by atoms with Crippen LogP contribution in [-0.4, -0.2) is 48.5 Å². The van der Waals surface area contributed by atoms with Crippen molar-refractivity contribution in [2.75, 3.05) is 13.1 Å². The SMILES string of the molecule is CC(=O)O.O=C(NC1CNCC(F)C1)C(F)(F)F. The largest absolute Gasteiger partial charge is 0.481 e. The van der Waals surface area contributed by atoms with Crippen LogP contribution >= 0.6 is 0 Å². The molecule has 1 rings (SSSR count). The predicted octanol–water partition coefficient (Wildman–Crippen LogP) is 0.456. The second-order valence-electron chi connectivity index (χ2n) is 3.68.